The van der Waals surface area contributed by atoms with E-state index in [0.717, 1.165) is 5.69 Å². The van der Waals surface area contributed by atoms with Crippen molar-refractivity contribution < 1.29 is 0 Å². The fourth-order valence-corrected chi connectivity index (χ4v) is 2.54. The molecule has 0 spiro atoms. The van der Waals surface area contributed by atoms with E-state index in [1.54, 1.807) is 0 Å². The Morgan fingerprint density at radius 3 is 2.32 bits per heavy atom. The Morgan fingerprint density at radius 1 is 0.947 bits per heavy atom. The van der Waals surface area contributed by atoms with Crippen molar-refractivity contribution in [2.24, 2.45) is 0 Å². The van der Waals surface area contributed by atoms with Crippen LogP contribution in [0.15, 0.2) is 30.5 Å². The van der Waals surface area contributed by atoms with Crippen molar-refractivity contribution in [1.29, 1.82) is 0 Å². The van der Waals surface area contributed by atoms with E-state index >= 15 is 0 Å². The lowest BCUT2D eigenvalue weighted by molar-refractivity contribution is 0.661. The van der Waals surface area contributed by atoms with E-state index in [0.29, 0.717) is 0 Å². The highest BCUT2D eigenvalue weighted by Crippen LogP contribution is 2.26. The summed E-state index contributed by atoms with van der Waals surface area (Å²) < 4.78 is 0. The SMILES string of the molecule is CNC(c1cc(C)ccc1C)c1ncc(C)cc1C. The van der Waals surface area contributed by atoms with Gasteiger partial charge in [-0.25, -0.2) is 0 Å². The third-order valence-electron chi connectivity index (χ3n) is 3.56. The highest BCUT2D eigenvalue weighted by atomic mass is 14.9. The minimum absolute atomic E-state index is 0.153. The first-order valence-corrected chi connectivity index (χ1v) is 6.70. The second-order valence-electron chi connectivity index (χ2n) is 5.30. The molecule has 0 saturated carbocycles. The van der Waals surface area contributed by atoms with Gasteiger partial charge in [0.15, 0.2) is 0 Å². The molecule has 0 saturated heterocycles. The molecule has 2 heteroatoms. The van der Waals surface area contributed by atoms with E-state index in [4.69, 9.17) is 0 Å². The van der Waals surface area contributed by atoms with Crippen molar-refractivity contribution in [1.82, 2.24) is 10.3 Å². The van der Waals surface area contributed by atoms with Crippen LogP contribution in [0.2, 0.25) is 0 Å². The number of aromatic nitrogens is 1. The van der Waals surface area contributed by atoms with Gasteiger partial charge in [-0.15, -0.1) is 0 Å². The van der Waals surface area contributed by atoms with E-state index in [-0.39, 0.29) is 6.04 Å². The number of pyridine rings is 1. The molecule has 0 radical (unpaired) electrons. The maximum absolute atomic E-state index is 4.63. The average Bonchev–Trinajstić information content (AvgIpc) is 2.36. The molecular formula is C17H22N2. The summed E-state index contributed by atoms with van der Waals surface area (Å²) in [5.41, 5.74) is 7.44. The van der Waals surface area contributed by atoms with E-state index in [9.17, 15) is 0 Å². The summed E-state index contributed by atoms with van der Waals surface area (Å²) >= 11 is 0. The molecule has 1 aromatic heterocycles. The van der Waals surface area contributed by atoms with Gasteiger partial charge in [0.05, 0.1) is 11.7 Å². The predicted octanol–water partition coefficient (Wildman–Crippen LogP) is 3.62. The van der Waals surface area contributed by atoms with Crippen molar-refractivity contribution in [3.05, 3.63) is 64.0 Å². The van der Waals surface area contributed by atoms with Gasteiger partial charge in [-0.1, -0.05) is 29.8 Å². The molecule has 0 bridgehead atoms. The zero-order valence-corrected chi connectivity index (χ0v) is 12.4. The van der Waals surface area contributed by atoms with Gasteiger partial charge < -0.3 is 5.32 Å². The molecule has 0 fully saturated rings. The molecule has 2 aromatic rings. The van der Waals surface area contributed by atoms with Crippen molar-refractivity contribution in [2.45, 2.75) is 33.7 Å². The standard InChI is InChI=1S/C17H22N2/c1-11-6-7-13(3)15(9-11)17(18-5)16-14(4)8-12(2)10-19-16/h6-10,17-18H,1-5H3. The second-order valence-corrected chi connectivity index (χ2v) is 5.30. The van der Waals surface area contributed by atoms with Gasteiger partial charge in [-0.3, -0.25) is 4.98 Å². The summed E-state index contributed by atoms with van der Waals surface area (Å²) in [5, 5.41) is 3.40. The maximum atomic E-state index is 4.63. The number of aryl methyl sites for hydroxylation is 4. The average molecular weight is 254 g/mol. The molecular weight excluding hydrogens is 232 g/mol. The normalized spacial score (nSPS) is 12.5. The molecule has 0 aliphatic carbocycles. The molecule has 100 valence electrons. The number of nitrogens with one attached hydrogen (secondary N) is 1. The zero-order chi connectivity index (χ0) is 14.0. The quantitative estimate of drug-likeness (QED) is 0.905. The molecule has 1 heterocycles. The first-order valence-electron chi connectivity index (χ1n) is 6.70. The fourth-order valence-electron chi connectivity index (χ4n) is 2.54. The Bertz CT molecular complexity index is 588. The molecule has 1 unspecified atom stereocenters. The summed E-state index contributed by atoms with van der Waals surface area (Å²) in [5.74, 6) is 0. The molecule has 2 nitrogen and oxygen atoms in total. The summed E-state index contributed by atoms with van der Waals surface area (Å²) in [6.07, 6.45) is 1.94. The van der Waals surface area contributed by atoms with Crippen LogP contribution in [0.4, 0.5) is 0 Å². The van der Waals surface area contributed by atoms with Gasteiger partial charge in [-0.05, 0) is 57.0 Å². The van der Waals surface area contributed by atoms with Crippen molar-refractivity contribution in [3.63, 3.8) is 0 Å². The minimum atomic E-state index is 0.153. The lowest BCUT2D eigenvalue weighted by Crippen LogP contribution is -2.21. The van der Waals surface area contributed by atoms with Crippen molar-refractivity contribution in [3.8, 4) is 0 Å². The Morgan fingerprint density at radius 2 is 1.68 bits per heavy atom. The Kier molecular flexibility index (Phi) is 4.01. The van der Waals surface area contributed by atoms with Crippen LogP contribution in [0.3, 0.4) is 0 Å². The van der Waals surface area contributed by atoms with E-state index in [1.807, 2.05) is 13.2 Å². The topological polar surface area (TPSA) is 24.9 Å². The number of hydrogen-bond acceptors (Lipinski definition) is 2. The summed E-state index contributed by atoms with van der Waals surface area (Å²) in [6, 6.07) is 8.93. The molecule has 1 atom stereocenters. The zero-order valence-electron chi connectivity index (χ0n) is 12.4. The molecule has 19 heavy (non-hydrogen) atoms. The Labute approximate surface area is 115 Å². The lowest BCUT2D eigenvalue weighted by Gasteiger charge is -2.21. The predicted molar refractivity (Wildman–Crippen MR) is 80.5 cm³/mol. The highest BCUT2D eigenvalue weighted by molar-refractivity contribution is 5.39. The van der Waals surface area contributed by atoms with Crippen LogP contribution in [0.25, 0.3) is 0 Å². The van der Waals surface area contributed by atoms with Crippen LogP contribution in [0, 0.1) is 27.7 Å². The van der Waals surface area contributed by atoms with Gasteiger partial charge in [0.25, 0.3) is 0 Å². The Balaban J connectivity index is 2.52. The highest BCUT2D eigenvalue weighted by Gasteiger charge is 2.17. The van der Waals surface area contributed by atoms with Gasteiger partial charge >= 0.3 is 0 Å². The largest absolute Gasteiger partial charge is 0.308 e. The number of rotatable bonds is 3. The van der Waals surface area contributed by atoms with Crippen LogP contribution in [-0.2, 0) is 0 Å². The number of benzene rings is 1. The maximum Gasteiger partial charge on any atom is 0.0754 e. The Hall–Kier alpha value is -1.67. The second kappa shape index (κ2) is 5.54. The first kappa shape index (κ1) is 13.8. The van der Waals surface area contributed by atoms with Crippen LogP contribution < -0.4 is 5.32 Å². The first-order chi connectivity index (χ1) is 9.02. The van der Waals surface area contributed by atoms with Crippen molar-refractivity contribution in [2.75, 3.05) is 7.05 Å². The van der Waals surface area contributed by atoms with E-state index in [1.165, 1.54) is 27.8 Å². The van der Waals surface area contributed by atoms with Gasteiger partial charge in [0.2, 0.25) is 0 Å². The van der Waals surface area contributed by atoms with Crippen LogP contribution in [-0.4, -0.2) is 12.0 Å². The van der Waals surface area contributed by atoms with Gasteiger partial charge in [-0.2, -0.15) is 0 Å². The van der Waals surface area contributed by atoms with E-state index in [2.05, 4.69) is 62.3 Å². The molecule has 0 amide bonds. The molecule has 0 aliphatic rings. The fraction of sp³-hybridized carbons (Fsp3) is 0.353. The summed E-state index contributed by atoms with van der Waals surface area (Å²) in [7, 11) is 1.99. The molecule has 1 aromatic carbocycles. The summed E-state index contributed by atoms with van der Waals surface area (Å²) in [6.45, 7) is 8.49. The molecule has 0 aliphatic heterocycles. The summed E-state index contributed by atoms with van der Waals surface area (Å²) in [4.78, 5) is 4.63. The number of hydrogen-bond donors (Lipinski definition) is 1. The third kappa shape index (κ3) is 2.85. The van der Waals surface area contributed by atoms with Crippen molar-refractivity contribution >= 4 is 0 Å². The number of nitrogens with zero attached hydrogens (tertiary/aromatic N) is 1. The monoisotopic (exact) mass is 254 g/mol. The molecule has 2 rings (SSSR count). The van der Waals surface area contributed by atoms with Gasteiger partial charge in [0, 0.05) is 6.20 Å². The smallest absolute Gasteiger partial charge is 0.0754 e. The molecule has 1 N–H and O–H groups in total. The van der Waals surface area contributed by atoms with Gasteiger partial charge in [0.1, 0.15) is 0 Å². The third-order valence-corrected chi connectivity index (χ3v) is 3.56. The van der Waals surface area contributed by atoms with E-state index < -0.39 is 0 Å². The van der Waals surface area contributed by atoms with Crippen LogP contribution in [0.5, 0.6) is 0 Å². The van der Waals surface area contributed by atoms with Crippen LogP contribution >= 0.6 is 0 Å². The minimum Gasteiger partial charge on any atom is -0.308 e. The van der Waals surface area contributed by atoms with Crippen LogP contribution in [0.1, 0.15) is 39.6 Å². The lowest BCUT2D eigenvalue weighted by atomic mass is 9.94.